The smallest absolute Gasteiger partial charge is 0.0360 e. The van der Waals surface area contributed by atoms with Crippen molar-refractivity contribution < 1.29 is 0 Å². The summed E-state index contributed by atoms with van der Waals surface area (Å²) < 4.78 is 0. The van der Waals surface area contributed by atoms with Crippen molar-refractivity contribution in [3.8, 4) is 0 Å². The van der Waals surface area contributed by atoms with Crippen molar-refractivity contribution in [2.45, 2.75) is 24.8 Å². The summed E-state index contributed by atoms with van der Waals surface area (Å²) in [5.74, 6) is 1.20. The summed E-state index contributed by atoms with van der Waals surface area (Å²) in [5.41, 5.74) is 11.1. The number of hydrogen-bond donors (Lipinski definition) is 2. The molecule has 0 amide bonds. The average molecular weight is 264 g/mol. The third-order valence-corrected chi connectivity index (χ3v) is 4.90. The maximum absolute atomic E-state index is 5.84. The van der Waals surface area contributed by atoms with Gasteiger partial charge in [-0.3, -0.25) is 0 Å². The van der Waals surface area contributed by atoms with Crippen LogP contribution in [0.15, 0.2) is 48.5 Å². The Kier molecular flexibility index (Phi) is 2.78. The van der Waals surface area contributed by atoms with Gasteiger partial charge in [0.15, 0.2) is 0 Å². The summed E-state index contributed by atoms with van der Waals surface area (Å²) in [4.78, 5) is 0. The van der Waals surface area contributed by atoms with Crippen molar-refractivity contribution in [1.29, 1.82) is 0 Å². The van der Waals surface area contributed by atoms with Crippen LogP contribution in [0.1, 0.15) is 41.5 Å². The highest BCUT2D eigenvalue weighted by Gasteiger charge is 2.41. The van der Waals surface area contributed by atoms with Gasteiger partial charge in [-0.15, -0.1) is 0 Å². The first-order valence-corrected chi connectivity index (χ1v) is 7.52. The van der Waals surface area contributed by atoms with Crippen LogP contribution in [0.3, 0.4) is 0 Å². The molecule has 1 fully saturated rings. The first kappa shape index (κ1) is 12.0. The van der Waals surface area contributed by atoms with Crippen LogP contribution >= 0.6 is 0 Å². The molecule has 0 spiro atoms. The highest BCUT2D eigenvalue weighted by molar-refractivity contribution is 5.49. The standard InChI is InChI=1S/C18H20N2/c19-13-9-7-12(8-10-13)17-14-4-1-2-5-15(14)18-16(17)6-3-11-20-18/h1-2,4-5,7-10,16-18,20H,3,6,11,19H2/t16-,17-,18+/m0/s1. The van der Waals surface area contributed by atoms with Gasteiger partial charge in [-0.05, 0) is 54.1 Å². The maximum Gasteiger partial charge on any atom is 0.0360 e. The van der Waals surface area contributed by atoms with E-state index in [0.717, 1.165) is 12.2 Å². The van der Waals surface area contributed by atoms with E-state index in [1.54, 1.807) is 0 Å². The molecule has 1 aliphatic carbocycles. The van der Waals surface area contributed by atoms with Gasteiger partial charge < -0.3 is 11.1 Å². The van der Waals surface area contributed by atoms with Crippen molar-refractivity contribution in [3.63, 3.8) is 0 Å². The number of nitrogens with two attached hydrogens (primary N) is 1. The first-order valence-electron chi connectivity index (χ1n) is 7.52. The van der Waals surface area contributed by atoms with E-state index in [1.807, 2.05) is 12.1 Å². The number of nitrogen functional groups attached to an aromatic ring is 1. The van der Waals surface area contributed by atoms with Crippen LogP contribution in [0, 0.1) is 5.92 Å². The SMILES string of the molecule is Nc1ccc([C@H]2c3ccccc3[C@H]3NCCC[C@@H]23)cc1. The van der Waals surface area contributed by atoms with E-state index >= 15 is 0 Å². The molecule has 3 N–H and O–H groups in total. The zero-order valence-electron chi connectivity index (χ0n) is 11.5. The fourth-order valence-corrected chi connectivity index (χ4v) is 4.05. The molecule has 2 nitrogen and oxygen atoms in total. The lowest BCUT2D eigenvalue weighted by molar-refractivity contribution is 0.287. The lowest BCUT2D eigenvalue weighted by atomic mass is 9.80. The summed E-state index contributed by atoms with van der Waals surface area (Å²) in [6.07, 6.45) is 2.59. The summed E-state index contributed by atoms with van der Waals surface area (Å²) >= 11 is 0. The van der Waals surface area contributed by atoms with Crippen LogP contribution in [0.4, 0.5) is 5.69 Å². The Morgan fingerprint density at radius 1 is 0.950 bits per heavy atom. The third-order valence-electron chi connectivity index (χ3n) is 4.90. The summed E-state index contributed by atoms with van der Waals surface area (Å²) in [7, 11) is 0. The molecular weight excluding hydrogens is 244 g/mol. The number of fused-ring (bicyclic) bond motifs is 3. The number of nitrogens with one attached hydrogen (secondary N) is 1. The minimum Gasteiger partial charge on any atom is -0.399 e. The number of anilines is 1. The molecule has 0 aromatic heterocycles. The Bertz CT molecular complexity index is 618. The van der Waals surface area contributed by atoms with E-state index in [-0.39, 0.29) is 0 Å². The van der Waals surface area contributed by atoms with Gasteiger partial charge in [0.25, 0.3) is 0 Å². The summed E-state index contributed by atoms with van der Waals surface area (Å²) in [6, 6.07) is 17.9. The summed E-state index contributed by atoms with van der Waals surface area (Å²) in [5, 5.41) is 3.72. The molecule has 2 aromatic carbocycles. The maximum atomic E-state index is 5.84. The largest absolute Gasteiger partial charge is 0.399 e. The fourth-order valence-electron chi connectivity index (χ4n) is 4.05. The van der Waals surface area contributed by atoms with Gasteiger partial charge in [0.2, 0.25) is 0 Å². The second-order valence-corrected chi connectivity index (χ2v) is 6.01. The molecule has 0 radical (unpaired) electrons. The van der Waals surface area contributed by atoms with Gasteiger partial charge in [0.1, 0.15) is 0 Å². The van der Waals surface area contributed by atoms with E-state index in [9.17, 15) is 0 Å². The number of hydrogen-bond acceptors (Lipinski definition) is 2. The summed E-state index contributed by atoms with van der Waals surface area (Å²) in [6.45, 7) is 1.14. The molecule has 1 heterocycles. The molecule has 102 valence electrons. The van der Waals surface area contributed by atoms with E-state index < -0.39 is 0 Å². The minimum absolute atomic E-state index is 0.518. The molecule has 1 aliphatic heterocycles. The molecule has 2 aliphatic rings. The van der Waals surface area contributed by atoms with Crippen molar-refractivity contribution in [2.75, 3.05) is 12.3 Å². The number of rotatable bonds is 1. The first-order chi connectivity index (χ1) is 9.84. The molecule has 0 saturated carbocycles. The Balaban J connectivity index is 1.83. The Morgan fingerprint density at radius 2 is 1.70 bits per heavy atom. The zero-order valence-corrected chi connectivity index (χ0v) is 11.5. The molecule has 2 heteroatoms. The quantitative estimate of drug-likeness (QED) is 0.774. The topological polar surface area (TPSA) is 38.0 Å². The third kappa shape index (κ3) is 1.75. The van der Waals surface area contributed by atoms with E-state index in [2.05, 4.69) is 41.7 Å². The van der Waals surface area contributed by atoms with Crippen LogP contribution in [0.25, 0.3) is 0 Å². The fraction of sp³-hybridized carbons (Fsp3) is 0.333. The van der Waals surface area contributed by atoms with Crippen molar-refractivity contribution in [1.82, 2.24) is 5.32 Å². The molecular formula is C18H20N2. The lowest BCUT2D eigenvalue weighted by Gasteiger charge is -2.31. The Labute approximate surface area is 120 Å². The van der Waals surface area contributed by atoms with E-state index in [0.29, 0.717) is 17.9 Å². The van der Waals surface area contributed by atoms with Crippen LogP contribution < -0.4 is 11.1 Å². The minimum atomic E-state index is 0.518. The van der Waals surface area contributed by atoms with Gasteiger partial charge in [-0.2, -0.15) is 0 Å². The molecule has 20 heavy (non-hydrogen) atoms. The highest BCUT2D eigenvalue weighted by atomic mass is 14.9. The van der Waals surface area contributed by atoms with Gasteiger partial charge in [0, 0.05) is 17.6 Å². The molecule has 0 unspecified atom stereocenters. The lowest BCUT2D eigenvalue weighted by Crippen LogP contribution is -2.32. The van der Waals surface area contributed by atoms with E-state index in [1.165, 1.54) is 29.5 Å². The van der Waals surface area contributed by atoms with Crippen molar-refractivity contribution >= 4 is 5.69 Å². The Morgan fingerprint density at radius 3 is 2.50 bits per heavy atom. The van der Waals surface area contributed by atoms with Crippen molar-refractivity contribution in [3.05, 3.63) is 65.2 Å². The van der Waals surface area contributed by atoms with Crippen LogP contribution in [0.5, 0.6) is 0 Å². The van der Waals surface area contributed by atoms with Gasteiger partial charge in [-0.1, -0.05) is 36.4 Å². The van der Waals surface area contributed by atoms with E-state index in [4.69, 9.17) is 5.73 Å². The van der Waals surface area contributed by atoms with Gasteiger partial charge in [0.05, 0.1) is 0 Å². The molecule has 0 bridgehead atoms. The van der Waals surface area contributed by atoms with Gasteiger partial charge in [-0.25, -0.2) is 0 Å². The second-order valence-electron chi connectivity index (χ2n) is 6.01. The normalized spacial score (nSPS) is 27.9. The van der Waals surface area contributed by atoms with Crippen molar-refractivity contribution in [2.24, 2.45) is 5.92 Å². The molecule has 3 atom stereocenters. The van der Waals surface area contributed by atoms with Crippen LogP contribution in [0.2, 0.25) is 0 Å². The molecule has 4 rings (SSSR count). The monoisotopic (exact) mass is 264 g/mol. The number of benzene rings is 2. The molecule has 1 saturated heterocycles. The van der Waals surface area contributed by atoms with Crippen LogP contribution in [-0.2, 0) is 0 Å². The second kappa shape index (κ2) is 4.64. The van der Waals surface area contributed by atoms with Crippen LogP contribution in [-0.4, -0.2) is 6.54 Å². The predicted molar refractivity (Wildman–Crippen MR) is 82.6 cm³/mol. The van der Waals surface area contributed by atoms with Gasteiger partial charge >= 0.3 is 0 Å². The average Bonchev–Trinajstić information content (AvgIpc) is 2.83. The predicted octanol–water partition coefficient (Wildman–Crippen LogP) is 3.46. The number of piperidine rings is 1. The highest BCUT2D eigenvalue weighted by Crippen LogP contribution is 2.51. The zero-order chi connectivity index (χ0) is 13.5. The molecule has 2 aromatic rings. The Hall–Kier alpha value is -1.80.